The summed E-state index contributed by atoms with van der Waals surface area (Å²) in [4.78, 5) is 11.5. The zero-order valence-corrected chi connectivity index (χ0v) is 13.3. The molecule has 1 aliphatic rings. The lowest BCUT2D eigenvalue weighted by molar-refractivity contribution is -0.118. The molecule has 0 fully saturated rings. The average Bonchev–Trinajstić information content (AvgIpc) is 3.04. The minimum atomic E-state index is -3.71. The Morgan fingerprint density at radius 1 is 1.30 bits per heavy atom. The maximum atomic E-state index is 12.8. The molecule has 1 N–H and O–H groups in total. The van der Waals surface area contributed by atoms with Gasteiger partial charge in [0.1, 0.15) is 11.5 Å². The van der Waals surface area contributed by atoms with Crippen molar-refractivity contribution in [2.24, 2.45) is 0 Å². The molecular weight excluding hydrogens is 320 g/mol. The first-order chi connectivity index (χ1) is 11.0. The number of carbonyl (C=O) groups is 1. The molecule has 8 heteroatoms. The summed E-state index contributed by atoms with van der Waals surface area (Å²) < 4.78 is 37.3. The number of hydrogen-bond donors (Lipinski definition) is 1. The van der Waals surface area contributed by atoms with Crippen LogP contribution in [0, 0.1) is 0 Å². The molecule has 0 bridgehead atoms. The Hall–Kier alpha value is -2.32. The predicted octanol–water partition coefficient (Wildman–Crippen LogP) is 1.82. The molecule has 2 heterocycles. The van der Waals surface area contributed by atoms with Crippen LogP contribution in [0.4, 0.5) is 5.69 Å². The molecule has 1 amide bonds. The first kappa shape index (κ1) is 15.6. The van der Waals surface area contributed by atoms with Gasteiger partial charge in [0, 0.05) is 6.54 Å². The highest BCUT2D eigenvalue weighted by Gasteiger charge is 2.26. The fourth-order valence-corrected chi connectivity index (χ4v) is 3.76. The van der Waals surface area contributed by atoms with Crippen molar-refractivity contribution in [2.75, 3.05) is 18.5 Å². The molecule has 1 aromatic heterocycles. The number of anilines is 1. The van der Waals surface area contributed by atoms with Crippen molar-refractivity contribution in [1.29, 1.82) is 0 Å². The summed E-state index contributed by atoms with van der Waals surface area (Å²) in [6, 6.07) is 7.85. The highest BCUT2D eigenvalue weighted by molar-refractivity contribution is 7.89. The van der Waals surface area contributed by atoms with Crippen LogP contribution in [0.2, 0.25) is 0 Å². The Morgan fingerprint density at radius 3 is 2.83 bits per heavy atom. The Kier molecular flexibility index (Phi) is 4.10. The Morgan fingerprint density at radius 2 is 2.13 bits per heavy atom. The van der Waals surface area contributed by atoms with Crippen LogP contribution in [0.3, 0.4) is 0 Å². The maximum absolute atomic E-state index is 12.8. The number of fused-ring (bicyclic) bond motifs is 1. The van der Waals surface area contributed by atoms with E-state index in [-0.39, 0.29) is 24.0 Å². The molecule has 0 radical (unpaired) electrons. The average molecular weight is 336 g/mol. The lowest BCUT2D eigenvalue weighted by atomic mass is 10.2. The van der Waals surface area contributed by atoms with Crippen molar-refractivity contribution in [3.63, 3.8) is 0 Å². The van der Waals surface area contributed by atoms with Crippen LogP contribution in [-0.4, -0.2) is 31.8 Å². The van der Waals surface area contributed by atoms with Gasteiger partial charge in [-0.05, 0) is 30.3 Å². The van der Waals surface area contributed by atoms with Crippen molar-refractivity contribution < 1.29 is 22.4 Å². The second-order valence-electron chi connectivity index (χ2n) is 5.01. The van der Waals surface area contributed by atoms with Gasteiger partial charge in [0.05, 0.1) is 23.4 Å². The van der Waals surface area contributed by atoms with E-state index in [1.54, 1.807) is 25.1 Å². The third-order valence-electron chi connectivity index (χ3n) is 3.49. The van der Waals surface area contributed by atoms with Gasteiger partial charge in [0.15, 0.2) is 6.61 Å². The van der Waals surface area contributed by atoms with Gasteiger partial charge in [-0.15, -0.1) is 0 Å². The number of carbonyl (C=O) groups excluding carboxylic acids is 1. The van der Waals surface area contributed by atoms with Crippen LogP contribution < -0.4 is 10.1 Å². The number of furan rings is 1. The molecule has 0 saturated carbocycles. The third kappa shape index (κ3) is 3.08. The number of benzene rings is 1. The summed E-state index contributed by atoms with van der Waals surface area (Å²) in [6.07, 6.45) is 1.50. The molecule has 23 heavy (non-hydrogen) atoms. The number of nitrogens with one attached hydrogen (secondary N) is 1. The van der Waals surface area contributed by atoms with Crippen LogP contribution in [0.15, 0.2) is 45.9 Å². The van der Waals surface area contributed by atoms with E-state index >= 15 is 0 Å². The van der Waals surface area contributed by atoms with E-state index in [9.17, 15) is 13.2 Å². The Balaban J connectivity index is 1.92. The highest BCUT2D eigenvalue weighted by Crippen LogP contribution is 2.31. The van der Waals surface area contributed by atoms with Crippen LogP contribution in [0.1, 0.15) is 12.7 Å². The molecule has 0 aliphatic carbocycles. The second kappa shape index (κ2) is 6.05. The molecule has 7 nitrogen and oxygen atoms in total. The number of nitrogens with zero attached hydrogens (tertiary/aromatic N) is 1. The van der Waals surface area contributed by atoms with Gasteiger partial charge in [-0.2, -0.15) is 4.31 Å². The van der Waals surface area contributed by atoms with E-state index in [0.29, 0.717) is 23.7 Å². The minimum Gasteiger partial charge on any atom is -0.482 e. The largest absolute Gasteiger partial charge is 0.482 e. The fourth-order valence-electron chi connectivity index (χ4n) is 2.31. The fraction of sp³-hybridized carbons (Fsp3) is 0.267. The van der Waals surface area contributed by atoms with Gasteiger partial charge >= 0.3 is 0 Å². The van der Waals surface area contributed by atoms with Crippen molar-refractivity contribution in [1.82, 2.24) is 4.31 Å². The smallest absolute Gasteiger partial charge is 0.262 e. The van der Waals surface area contributed by atoms with Gasteiger partial charge in [-0.3, -0.25) is 4.79 Å². The van der Waals surface area contributed by atoms with E-state index in [1.165, 1.54) is 22.7 Å². The molecular formula is C15H16N2O5S. The lowest BCUT2D eigenvalue weighted by Crippen LogP contribution is -2.31. The third-order valence-corrected chi connectivity index (χ3v) is 5.40. The summed E-state index contributed by atoms with van der Waals surface area (Å²) >= 11 is 0. The zero-order valence-electron chi connectivity index (χ0n) is 12.5. The van der Waals surface area contributed by atoms with E-state index in [1.807, 2.05) is 0 Å². The molecule has 0 saturated heterocycles. The van der Waals surface area contributed by atoms with Crippen LogP contribution >= 0.6 is 0 Å². The number of hydrogen-bond acceptors (Lipinski definition) is 5. The van der Waals surface area contributed by atoms with Crippen LogP contribution in [0.25, 0.3) is 0 Å². The Bertz CT molecular complexity index is 814. The second-order valence-corrected chi connectivity index (χ2v) is 6.94. The van der Waals surface area contributed by atoms with Crippen molar-refractivity contribution >= 4 is 21.6 Å². The zero-order chi connectivity index (χ0) is 16.4. The van der Waals surface area contributed by atoms with Crippen molar-refractivity contribution in [3.8, 4) is 5.75 Å². The standard InChI is InChI=1S/C15H16N2O5S/c1-2-17(9-11-4-3-7-21-11)23(19,20)12-5-6-14-13(8-12)16-15(18)10-22-14/h3-8H,2,9-10H2,1H3,(H,16,18). The molecule has 2 aromatic rings. The SMILES string of the molecule is CCN(Cc1ccco1)S(=O)(=O)c1ccc2c(c1)NC(=O)CO2. The number of ether oxygens (including phenoxy) is 1. The predicted molar refractivity (Wildman–Crippen MR) is 82.5 cm³/mol. The number of rotatable bonds is 5. The van der Waals surface area contributed by atoms with Crippen molar-refractivity contribution in [3.05, 3.63) is 42.4 Å². The summed E-state index contributed by atoms with van der Waals surface area (Å²) in [5.41, 5.74) is 0.358. The molecule has 122 valence electrons. The van der Waals surface area contributed by atoms with Gasteiger partial charge in [-0.1, -0.05) is 6.92 Å². The summed E-state index contributed by atoms with van der Waals surface area (Å²) in [6.45, 7) is 2.12. The monoisotopic (exact) mass is 336 g/mol. The summed E-state index contributed by atoms with van der Waals surface area (Å²) in [5.74, 6) is 0.706. The summed E-state index contributed by atoms with van der Waals surface area (Å²) in [5, 5.41) is 2.61. The van der Waals surface area contributed by atoms with E-state index < -0.39 is 10.0 Å². The normalized spacial score (nSPS) is 14.3. The molecule has 1 aromatic carbocycles. The van der Waals surface area contributed by atoms with E-state index in [4.69, 9.17) is 9.15 Å². The first-order valence-electron chi connectivity index (χ1n) is 7.10. The summed E-state index contributed by atoms with van der Waals surface area (Å²) in [7, 11) is -3.71. The van der Waals surface area contributed by atoms with Crippen LogP contribution in [0.5, 0.6) is 5.75 Å². The van der Waals surface area contributed by atoms with E-state index in [2.05, 4.69) is 5.32 Å². The lowest BCUT2D eigenvalue weighted by Gasteiger charge is -2.22. The van der Waals surface area contributed by atoms with Gasteiger partial charge in [0.25, 0.3) is 5.91 Å². The van der Waals surface area contributed by atoms with Crippen molar-refractivity contribution in [2.45, 2.75) is 18.4 Å². The topological polar surface area (TPSA) is 88.9 Å². The molecule has 0 unspecified atom stereocenters. The molecule has 3 rings (SSSR count). The number of sulfonamides is 1. The van der Waals surface area contributed by atoms with Gasteiger partial charge in [-0.25, -0.2) is 8.42 Å². The van der Waals surface area contributed by atoms with Gasteiger partial charge in [0.2, 0.25) is 10.0 Å². The van der Waals surface area contributed by atoms with E-state index in [0.717, 1.165) is 0 Å². The van der Waals surface area contributed by atoms with Gasteiger partial charge < -0.3 is 14.5 Å². The number of amides is 1. The highest BCUT2D eigenvalue weighted by atomic mass is 32.2. The minimum absolute atomic E-state index is 0.0708. The molecule has 1 aliphatic heterocycles. The molecule has 0 spiro atoms. The van der Waals surface area contributed by atoms with Crippen LogP contribution in [-0.2, 0) is 21.4 Å². The first-order valence-corrected chi connectivity index (χ1v) is 8.54. The quantitative estimate of drug-likeness (QED) is 0.900. The molecule has 0 atom stereocenters. The maximum Gasteiger partial charge on any atom is 0.262 e. The Labute approximate surface area is 133 Å².